The zero-order valence-corrected chi connectivity index (χ0v) is 18.6. The molecule has 0 bridgehead atoms. The van der Waals surface area contributed by atoms with Gasteiger partial charge in [-0.2, -0.15) is 4.31 Å². The number of carbonyl (C=O) groups is 1. The number of rotatable bonds is 7. The molecular weight excluding hydrogens is 426 g/mol. The van der Waals surface area contributed by atoms with E-state index >= 15 is 0 Å². The molecule has 1 saturated heterocycles. The second kappa shape index (κ2) is 9.78. The number of carbonyl (C=O) groups excluding carboxylic acids is 1. The highest BCUT2D eigenvalue weighted by Gasteiger charge is 2.28. The summed E-state index contributed by atoms with van der Waals surface area (Å²) in [5, 5.41) is 3.26. The maximum absolute atomic E-state index is 12.8. The normalized spacial score (nSPS) is 16.8. The lowest BCUT2D eigenvalue weighted by atomic mass is 10.3. The maximum Gasteiger partial charge on any atom is 0.265 e. The highest BCUT2D eigenvalue weighted by Crippen LogP contribution is 2.21. The Morgan fingerprint density at radius 2 is 1.80 bits per heavy atom. The second-order valence-corrected chi connectivity index (χ2v) is 9.44. The molecule has 2 aromatic carbocycles. The fraction of sp³-hybridized carbons (Fsp3) is 0.381. The lowest BCUT2D eigenvalue weighted by molar-refractivity contribution is -0.122. The summed E-state index contributed by atoms with van der Waals surface area (Å²) in [4.78, 5) is 14.8. The topological polar surface area (TPSA) is 79.0 Å². The van der Waals surface area contributed by atoms with Gasteiger partial charge in [-0.25, -0.2) is 8.42 Å². The van der Waals surface area contributed by atoms with E-state index in [1.807, 2.05) is 0 Å². The number of hydrogen-bond donors (Lipinski definition) is 1. The fourth-order valence-corrected chi connectivity index (χ4v) is 4.79. The van der Waals surface area contributed by atoms with Crippen LogP contribution in [0.4, 0.5) is 5.69 Å². The van der Waals surface area contributed by atoms with Crippen molar-refractivity contribution in [2.45, 2.75) is 24.8 Å². The first kappa shape index (κ1) is 22.6. The van der Waals surface area contributed by atoms with Crippen molar-refractivity contribution in [3.05, 3.63) is 53.6 Å². The molecule has 1 aliphatic heterocycles. The molecule has 3 rings (SSSR count). The average Bonchev–Trinajstić information content (AvgIpc) is 2.74. The van der Waals surface area contributed by atoms with Crippen LogP contribution in [0, 0.1) is 0 Å². The van der Waals surface area contributed by atoms with Gasteiger partial charge in [0.15, 0.2) is 6.10 Å². The minimum Gasteiger partial charge on any atom is -0.481 e. The molecular formula is C21H26ClN3O4S. The van der Waals surface area contributed by atoms with Crippen LogP contribution in [0.2, 0.25) is 5.02 Å². The molecule has 162 valence electrons. The summed E-state index contributed by atoms with van der Waals surface area (Å²) in [7, 11) is -3.54. The number of sulfonamides is 1. The Bertz CT molecular complexity index is 974. The summed E-state index contributed by atoms with van der Waals surface area (Å²) in [5.74, 6) is 0.149. The van der Waals surface area contributed by atoms with Crippen LogP contribution in [0.1, 0.15) is 13.8 Å². The minimum atomic E-state index is -3.54. The van der Waals surface area contributed by atoms with Gasteiger partial charge in [0.05, 0.1) is 4.90 Å². The quantitative estimate of drug-likeness (QED) is 0.699. The lowest BCUT2D eigenvalue weighted by Crippen LogP contribution is -2.48. The zero-order valence-electron chi connectivity index (χ0n) is 17.0. The van der Waals surface area contributed by atoms with E-state index in [0.717, 1.165) is 19.6 Å². The molecule has 0 spiro atoms. The summed E-state index contributed by atoms with van der Waals surface area (Å²) >= 11 is 5.92. The third kappa shape index (κ3) is 5.51. The van der Waals surface area contributed by atoms with Crippen molar-refractivity contribution in [3.63, 3.8) is 0 Å². The summed E-state index contributed by atoms with van der Waals surface area (Å²) < 4.78 is 32.8. The smallest absolute Gasteiger partial charge is 0.265 e. The third-order valence-corrected chi connectivity index (χ3v) is 7.16. The van der Waals surface area contributed by atoms with Gasteiger partial charge in [-0.1, -0.05) is 24.6 Å². The van der Waals surface area contributed by atoms with E-state index in [4.69, 9.17) is 16.3 Å². The number of halogens is 1. The summed E-state index contributed by atoms with van der Waals surface area (Å²) in [6.45, 7) is 7.04. The maximum atomic E-state index is 12.8. The van der Waals surface area contributed by atoms with Gasteiger partial charge < -0.3 is 15.0 Å². The standard InChI is InChI=1S/C21H26ClN3O4S/c1-3-24-11-13-25(14-12-24)30(27,28)20-9-7-18(8-10-20)23-21(26)16(2)29-19-6-4-5-17(22)15-19/h4-10,15-16H,3,11-14H2,1-2H3,(H,23,26). The van der Waals surface area contributed by atoms with E-state index in [0.29, 0.717) is 29.5 Å². The summed E-state index contributed by atoms with van der Waals surface area (Å²) in [5.41, 5.74) is 0.497. The van der Waals surface area contributed by atoms with Crippen LogP contribution >= 0.6 is 11.6 Å². The van der Waals surface area contributed by atoms with Gasteiger partial charge in [0.25, 0.3) is 5.91 Å². The molecule has 1 fully saturated rings. The number of anilines is 1. The number of benzene rings is 2. The SMILES string of the molecule is CCN1CCN(S(=O)(=O)c2ccc(NC(=O)C(C)Oc3cccc(Cl)c3)cc2)CC1. The first-order valence-corrected chi connectivity index (χ1v) is 11.7. The highest BCUT2D eigenvalue weighted by atomic mass is 35.5. The van der Waals surface area contributed by atoms with Gasteiger partial charge in [0, 0.05) is 36.9 Å². The largest absolute Gasteiger partial charge is 0.481 e. The Morgan fingerprint density at radius 3 is 2.40 bits per heavy atom. The average molecular weight is 452 g/mol. The van der Waals surface area contributed by atoms with Crippen LogP contribution in [0.5, 0.6) is 5.75 Å². The summed E-state index contributed by atoms with van der Waals surface area (Å²) in [6, 6.07) is 13.0. The molecule has 30 heavy (non-hydrogen) atoms. The second-order valence-electron chi connectivity index (χ2n) is 7.07. The first-order valence-electron chi connectivity index (χ1n) is 9.85. The molecule has 1 atom stereocenters. The number of hydrogen-bond acceptors (Lipinski definition) is 5. The predicted molar refractivity (Wildman–Crippen MR) is 117 cm³/mol. The van der Waals surface area contributed by atoms with Crippen LogP contribution in [0.25, 0.3) is 0 Å². The Labute approximate surface area is 182 Å². The molecule has 2 aromatic rings. The van der Waals surface area contributed by atoms with Crippen LogP contribution in [0.3, 0.4) is 0 Å². The van der Waals surface area contributed by atoms with Gasteiger partial charge >= 0.3 is 0 Å². The van der Waals surface area contributed by atoms with Crippen molar-refractivity contribution in [3.8, 4) is 5.75 Å². The van der Waals surface area contributed by atoms with E-state index in [1.54, 1.807) is 43.3 Å². The molecule has 1 amide bonds. The van der Waals surface area contributed by atoms with E-state index in [2.05, 4.69) is 17.1 Å². The molecule has 7 nitrogen and oxygen atoms in total. The van der Waals surface area contributed by atoms with E-state index < -0.39 is 16.1 Å². The molecule has 1 unspecified atom stereocenters. The van der Waals surface area contributed by atoms with Gasteiger partial charge in [-0.15, -0.1) is 0 Å². The van der Waals surface area contributed by atoms with E-state index in [1.165, 1.54) is 16.4 Å². The van der Waals surface area contributed by atoms with E-state index in [9.17, 15) is 13.2 Å². The molecule has 1 N–H and O–H groups in total. The van der Waals surface area contributed by atoms with Crippen LogP contribution in [-0.2, 0) is 14.8 Å². The number of ether oxygens (including phenoxy) is 1. The molecule has 1 aliphatic rings. The Hall–Kier alpha value is -2.13. The van der Waals surface area contributed by atoms with Crippen molar-refractivity contribution in [2.24, 2.45) is 0 Å². The van der Waals surface area contributed by atoms with Crippen molar-refractivity contribution >= 4 is 33.2 Å². The van der Waals surface area contributed by atoms with Crippen molar-refractivity contribution in [1.29, 1.82) is 0 Å². The zero-order chi connectivity index (χ0) is 21.7. The molecule has 1 heterocycles. The molecule has 0 aromatic heterocycles. The van der Waals surface area contributed by atoms with Gasteiger partial charge in [0.1, 0.15) is 5.75 Å². The van der Waals surface area contributed by atoms with E-state index in [-0.39, 0.29) is 10.8 Å². The van der Waals surface area contributed by atoms with Gasteiger partial charge in [-0.05, 0) is 55.9 Å². The van der Waals surface area contributed by atoms with Crippen molar-refractivity contribution < 1.29 is 17.9 Å². The van der Waals surface area contributed by atoms with Crippen molar-refractivity contribution in [2.75, 3.05) is 38.0 Å². The van der Waals surface area contributed by atoms with Crippen LogP contribution in [-0.4, -0.2) is 62.4 Å². The van der Waals surface area contributed by atoms with Crippen molar-refractivity contribution in [1.82, 2.24) is 9.21 Å². The number of piperazine rings is 1. The third-order valence-electron chi connectivity index (χ3n) is 5.02. The predicted octanol–water partition coefficient (Wildman–Crippen LogP) is 3.07. The molecule has 9 heteroatoms. The van der Waals surface area contributed by atoms with Gasteiger partial charge in [-0.3, -0.25) is 4.79 Å². The number of nitrogens with zero attached hydrogens (tertiary/aromatic N) is 2. The highest BCUT2D eigenvalue weighted by molar-refractivity contribution is 7.89. The minimum absolute atomic E-state index is 0.216. The van der Waals surface area contributed by atoms with Gasteiger partial charge in [0.2, 0.25) is 10.0 Å². The number of amides is 1. The molecule has 0 aliphatic carbocycles. The summed E-state index contributed by atoms with van der Waals surface area (Å²) in [6.07, 6.45) is -0.748. The Balaban J connectivity index is 1.60. The molecule has 0 saturated carbocycles. The number of likely N-dealkylation sites (N-methyl/N-ethyl adjacent to an activating group) is 1. The Kier molecular flexibility index (Phi) is 7.36. The van der Waals surface area contributed by atoms with Crippen LogP contribution in [0.15, 0.2) is 53.4 Å². The lowest BCUT2D eigenvalue weighted by Gasteiger charge is -2.33. The molecule has 0 radical (unpaired) electrons. The fourth-order valence-electron chi connectivity index (χ4n) is 3.19. The number of nitrogens with one attached hydrogen (secondary N) is 1. The monoisotopic (exact) mass is 451 g/mol. The Morgan fingerprint density at radius 1 is 1.13 bits per heavy atom. The first-order chi connectivity index (χ1) is 14.3. The van der Waals surface area contributed by atoms with Crippen LogP contribution < -0.4 is 10.1 Å².